The van der Waals surface area contributed by atoms with Gasteiger partial charge >= 0.3 is 5.97 Å². The van der Waals surface area contributed by atoms with Crippen LogP contribution >= 0.6 is 0 Å². The highest BCUT2D eigenvalue weighted by atomic mass is 16.4. The van der Waals surface area contributed by atoms with Gasteiger partial charge in [-0.25, -0.2) is 0 Å². The molecule has 0 radical (unpaired) electrons. The minimum absolute atomic E-state index is 0.199. The van der Waals surface area contributed by atoms with Gasteiger partial charge in [-0.15, -0.1) is 0 Å². The average molecular weight is 437 g/mol. The Kier molecular flexibility index (Phi) is 10.7. The van der Waals surface area contributed by atoms with Gasteiger partial charge in [0.2, 0.25) is 5.75 Å². The molecule has 5 heteroatoms. The molecule has 0 atom stereocenters. The van der Waals surface area contributed by atoms with Crippen LogP contribution in [-0.4, -0.2) is 26.4 Å². The average Bonchev–Trinajstić information content (AvgIpc) is 2.66. The predicted octanol–water partition coefficient (Wildman–Crippen LogP) is 6.95. The largest absolute Gasteiger partial charge is 0.504 e. The van der Waals surface area contributed by atoms with Crippen molar-refractivity contribution < 1.29 is 25.2 Å². The number of aryl methyl sites for hydroxylation is 1. The van der Waals surface area contributed by atoms with E-state index in [2.05, 4.69) is 20.8 Å². The quantitative estimate of drug-likeness (QED) is 0.187. The normalized spacial score (nSPS) is 12.3. The highest BCUT2D eigenvalue weighted by molar-refractivity contribution is 5.73. The fraction of sp³-hybridized carbons (Fsp3) is 0.731. The maximum atomic E-state index is 11.2. The van der Waals surface area contributed by atoms with Crippen molar-refractivity contribution in [2.75, 3.05) is 0 Å². The second kappa shape index (κ2) is 12.2. The van der Waals surface area contributed by atoms with E-state index >= 15 is 0 Å². The Balaban J connectivity index is 2.53. The number of carbonyl (C=O) groups is 1. The Morgan fingerprint density at radius 1 is 0.742 bits per heavy atom. The number of unbranched alkanes of at least 4 members (excludes halogenated alkanes) is 6. The Bertz CT molecular complexity index is 701. The lowest BCUT2D eigenvalue weighted by molar-refractivity contribution is -0.147. The molecule has 0 spiro atoms. The lowest BCUT2D eigenvalue weighted by Gasteiger charge is -2.18. The third kappa shape index (κ3) is 9.84. The SMILES string of the molecule is CC(C)(C)CCCCCCc1cc(O)c(O)c(O)c1CCCCCCC(C)(C)C(=O)O. The molecule has 0 aliphatic carbocycles. The predicted molar refractivity (Wildman–Crippen MR) is 126 cm³/mol. The van der Waals surface area contributed by atoms with Crippen LogP contribution in [0.25, 0.3) is 0 Å². The van der Waals surface area contributed by atoms with Crippen molar-refractivity contribution in [2.24, 2.45) is 10.8 Å². The molecule has 0 heterocycles. The number of aliphatic carboxylic acids is 1. The summed E-state index contributed by atoms with van der Waals surface area (Å²) in [6, 6.07) is 1.59. The first-order chi connectivity index (χ1) is 14.3. The number of aromatic hydroxyl groups is 3. The molecule has 1 aromatic rings. The zero-order valence-electron chi connectivity index (χ0n) is 20.3. The third-order valence-corrected chi connectivity index (χ3v) is 6.13. The van der Waals surface area contributed by atoms with Gasteiger partial charge < -0.3 is 20.4 Å². The van der Waals surface area contributed by atoms with Crippen molar-refractivity contribution in [3.8, 4) is 17.2 Å². The van der Waals surface area contributed by atoms with Crippen molar-refractivity contribution in [1.82, 2.24) is 0 Å². The highest BCUT2D eigenvalue weighted by Gasteiger charge is 2.26. The lowest BCUT2D eigenvalue weighted by atomic mass is 9.87. The molecular weight excluding hydrogens is 392 g/mol. The molecule has 4 N–H and O–H groups in total. The summed E-state index contributed by atoms with van der Waals surface area (Å²) in [6.45, 7) is 10.3. The number of carboxylic acid groups (broad SMARTS) is 1. The number of rotatable bonds is 14. The second-order valence-corrected chi connectivity index (χ2v) is 10.8. The maximum absolute atomic E-state index is 11.2. The number of phenols is 3. The van der Waals surface area contributed by atoms with Crippen LogP contribution in [0.15, 0.2) is 6.07 Å². The summed E-state index contributed by atoms with van der Waals surface area (Å²) in [5, 5.41) is 39.5. The van der Waals surface area contributed by atoms with E-state index in [4.69, 9.17) is 0 Å². The standard InChI is InChI=1S/C26H44O5/c1-25(2,3)16-12-8-6-10-14-19-18-21(27)23(29)22(28)20(19)15-11-7-9-13-17-26(4,5)24(30)31/h18,27-29H,6-17H2,1-5H3,(H,30,31). The number of phenolic OH excluding ortho intramolecular Hbond substituents is 3. The van der Waals surface area contributed by atoms with Crippen LogP contribution in [0, 0.1) is 10.8 Å². The summed E-state index contributed by atoms with van der Waals surface area (Å²) in [7, 11) is 0. The number of hydrogen-bond acceptors (Lipinski definition) is 4. The molecule has 0 amide bonds. The molecule has 1 aromatic carbocycles. The molecule has 5 nitrogen and oxygen atoms in total. The molecule has 178 valence electrons. The van der Waals surface area contributed by atoms with Crippen LogP contribution in [0.3, 0.4) is 0 Å². The number of carboxylic acids is 1. The molecule has 0 saturated heterocycles. The summed E-state index contributed by atoms with van der Waals surface area (Å²) in [5.41, 5.74) is 1.32. The van der Waals surface area contributed by atoms with E-state index in [1.54, 1.807) is 19.9 Å². The number of benzene rings is 1. The van der Waals surface area contributed by atoms with Crippen molar-refractivity contribution in [3.63, 3.8) is 0 Å². The van der Waals surface area contributed by atoms with Crippen LogP contribution in [0.4, 0.5) is 0 Å². The zero-order valence-corrected chi connectivity index (χ0v) is 20.3. The molecule has 0 aliphatic heterocycles. The Morgan fingerprint density at radius 2 is 1.26 bits per heavy atom. The molecule has 0 bridgehead atoms. The second-order valence-electron chi connectivity index (χ2n) is 10.8. The van der Waals surface area contributed by atoms with Gasteiger partial charge in [-0.05, 0) is 69.4 Å². The summed E-state index contributed by atoms with van der Waals surface area (Å²) in [6.07, 6.45) is 11.3. The molecule has 0 fully saturated rings. The minimum Gasteiger partial charge on any atom is -0.504 e. The monoisotopic (exact) mass is 436 g/mol. The topological polar surface area (TPSA) is 98.0 Å². The van der Waals surface area contributed by atoms with E-state index in [-0.39, 0.29) is 11.5 Å². The van der Waals surface area contributed by atoms with Gasteiger partial charge in [0.05, 0.1) is 5.41 Å². The maximum Gasteiger partial charge on any atom is 0.309 e. The van der Waals surface area contributed by atoms with Gasteiger partial charge in [-0.3, -0.25) is 4.79 Å². The first-order valence-electron chi connectivity index (χ1n) is 11.8. The van der Waals surface area contributed by atoms with Crippen molar-refractivity contribution in [2.45, 2.75) is 112 Å². The summed E-state index contributed by atoms with van der Waals surface area (Å²) in [4.78, 5) is 11.2. The van der Waals surface area contributed by atoms with E-state index in [0.717, 1.165) is 56.1 Å². The van der Waals surface area contributed by atoms with Gasteiger partial charge in [-0.2, -0.15) is 0 Å². The van der Waals surface area contributed by atoms with E-state index in [0.29, 0.717) is 18.3 Å². The highest BCUT2D eigenvalue weighted by Crippen LogP contribution is 2.41. The van der Waals surface area contributed by atoms with Gasteiger partial charge in [-0.1, -0.05) is 59.3 Å². The van der Waals surface area contributed by atoms with Gasteiger partial charge in [0.1, 0.15) is 0 Å². The van der Waals surface area contributed by atoms with Crippen molar-refractivity contribution in [3.05, 3.63) is 17.2 Å². The van der Waals surface area contributed by atoms with Crippen LogP contribution in [0.5, 0.6) is 17.2 Å². The van der Waals surface area contributed by atoms with E-state index in [1.165, 1.54) is 19.3 Å². The molecule has 0 aromatic heterocycles. The molecule has 0 unspecified atom stereocenters. The Hall–Kier alpha value is -1.91. The Labute approximate surface area is 188 Å². The van der Waals surface area contributed by atoms with Crippen molar-refractivity contribution >= 4 is 5.97 Å². The first kappa shape index (κ1) is 27.1. The zero-order chi connectivity index (χ0) is 23.7. The van der Waals surface area contributed by atoms with Crippen LogP contribution in [0.2, 0.25) is 0 Å². The van der Waals surface area contributed by atoms with Crippen LogP contribution < -0.4 is 0 Å². The molecule has 31 heavy (non-hydrogen) atoms. The third-order valence-electron chi connectivity index (χ3n) is 6.13. The first-order valence-corrected chi connectivity index (χ1v) is 11.8. The minimum atomic E-state index is -0.764. The van der Waals surface area contributed by atoms with Gasteiger partial charge in [0.25, 0.3) is 0 Å². The van der Waals surface area contributed by atoms with Crippen LogP contribution in [0.1, 0.15) is 110 Å². The van der Waals surface area contributed by atoms with E-state index in [1.807, 2.05) is 0 Å². The fourth-order valence-corrected chi connectivity index (χ4v) is 3.89. The van der Waals surface area contributed by atoms with E-state index in [9.17, 15) is 25.2 Å². The molecule has 1 rings (SSSR count). The molecule has 0 saturated carbocycles. The Morgan fingerprint density at radius 3 is 1.81 bits per heavy atom. The molecular formula is C26H44O5. The van der Waals surface area contributed by atoms with Crippen LogP contribution in [-0.2, 0) is 17.6 Å². The van der Waals surface area contributed by atoms with Gasteiger partial charge in [0.15, 0.2) is 11.5 Å². The van der Waals surface area contributed by atoms with Gasteiger partial charge in [0, 0.05) is 5.56 Å². The van der Waals surface area contributed by atoms with Crippen molar-refractivity contribution in [1.29, 1.82) is 0 Å². The smallest absolute Gasteiger partial charge is 0.309 e. The van der Waals surface area contributed by atoms with E-state index < -0.39 is 17.1 Å². The fourth-order valence-electron chi connectivity index (χ4n) is 3.89. The lowest BCUT2D eigenvalue weighted by Crippen LogP contribution is -2.23. The molecule has 0 aliphatic rings. The summed E-state index contributed by atoms with van der Waals surface area (Å²) < 4.78 is 0. The summed E-state index contributed by atoms with van der Waals surface area (Å²) in [5.74, 6) is -1.66. The number of hydrogen-bond donors (Lipinski definition) is 4. The summed E-state index contributed by atoms with van der Waals surface area (Å²) >= 11 is 0.